The van der Waals surface area contributed by atoms with E-state index in [-0.39, 0.29) is 30.3 Å². The first kappa shape index (κ1) is 23.6. The number of carbonyl (C=O) groups is 2. The number of aliphatic hydroxyl groups is 1. The molecule has 3 N–H and O–H groups in total. The highest BCUT2D eigenvalue weighted by molar-refractivity contribution is 5.80. The van der Waals surface area contributed by atoms with E-state index in [2.05, 4.69) is 25.1 Å². The Labute approximate surface area is 186 Å². The number of aliphatic hydroxyl groups excluding tert-OH is 1. The maximum atomic E-state index is 13.1. The third kappa shape index (κ3) is 6.00. The fourth-order valence-electron chi connectivity index (χ4n) is 5.44. The molecule has 0 aliphatic heterocycles. The second kappa shape index (κ2) is 11.0. The molecule has 0 heterocycles. The minimum Gasteiger partial charge on any atom is -0.496 e. The average molecular weight is 431 g/mol. The lowest BCUT2D eigenvalue weighted by Gasteiger charge is -2.35. The van der Waals surface area contributed by atoms with Gasteiger partial charge in [0.15, 0.2) is 0 Å². The molecule has 0 atom stereocenters. The summed E-state index contributed by atoms with van der Waals surface area (Å²) in [6, 6.07) is 6.49. The monoisotopic (exact) mass is 430 g/mol. The average Bonchev–Trinajstić information content (AvgIpc) is 2.79. The molecule has 2 amide bonds. The van der Waals surface area contributed by atoms with Gasteiger partial charge in [-0.15, -0.1) is 0 Å². The summed E-state index contributed by atoms with van der Waals surface area (Å²) in [4.78, 5) is 26.4. The lowest BCUT2D eigenvalue weighted by Crippen LogP contribution is -2.43. The van der Waals surface area contributed by atoms with Gasteiger partial charge in [-0.1, -0.05) is 12.1 Å². The lowest BCUT2D eigenvalue weighted by atomic mass is 9.77. The van der Waals surface area contributed by atoms with Crippen LogP contribution in [-0.2, 0) is 9.59 Å². The largest absolute Gasteiger partial charge is 0.496 e. The third-order valence-electron chi connectivity index (χ3n) is 7.38. The van der Waals surface area contributed by atoms with Gasteiger partial charge in [-0.2, -0.15) is 0 Å². The van der Waals surface area contributed by atoms with Crippen LogP contribution in [0.25, 0.3) is 0 Å². The Morgan fingerprint density at radius 3 is 2.26 bits per heavy atom. The molecule has 0 saturated heterocycles. The van der Waals surface area contributed by atoms with E-state index >= 15 is 0 Å². The molecule has 0 bridgehead atoms. The topological polar surface area (TPSA) is 92.9 Å². The summed E-state index contributed by atoms with van der Waals surface area (Å²) in [5.41, 5.74) is 7.98. The molecular weight excluding hydrogens is 392 g/mol. The summed E-state index contributed by atoms with van der Waals surface area (Å²) >= 11 is 0. The molecule has 2 aliphatic rings. The number of benzene rings is 1. The Balaban J connectivity index is 1.52. The molecule has 6 nitrogen and oxygen atoms in total. The molecule has 172 valence electrons. The zero-order chi connectivity index (χ0) is 22.4. The predicted octanol–water partition coefficient (Wildman–Crippen LogP) is 3.39. The summed E-state index contributed by atoms with van der Waals surface area (Å²) < 4.78 is 5.38. The summed E-state index contributed by atoms with van der Waals surface area (Å²) in [5.74, 6) is 1.74. The summed E-state index contributed by atoms with van der Waals surface area (Å²) in [6.45, 7) is 3.20. The SMILES string of the molecule is COc1ccc(C2CCC(CN(CCO)C(=O)C3CCC(C(N)=O)CC3)CC2)cc1C. The first-order valence-corrected chi connectivity index (χ1v) is 11.8. The number of amides is 2. The molecule has 2 saturated carbocycles. The number of primary amides is 1. The van der Waals surface area contributed by atoms with Crippen LogP contribution in [0, 0.1) is 24.7 Å². The number of methoxy groups -OCH3 is 1. The van der Waals surface area contributed by atoms with E-state index in [4.69, 9.17) is 10.5 Å². The second-order valence-corrected chi connectivity index (χ2v) is 9.41. The van der Waals surface area contributed by atoms with Crippen molar-refractivity contribution in [3.8, 4) is 5.75 Å². The molecule has 3 rings (SSSR count). The van der Waals surface area contributed by atoms with Gasteiger partial charge in [0.2, 0.25) is 11.8 Å². The smallest absolute Gasteiger partial charge is 0.225 e. The molecule has 2 aliphatic carbocycles. The summed E-state index contributed by atoms with van der Waals surface area (Å²) in [6.07, 6.45) is 7.29. The number of hydrogen-bond donors (Lipinski definition) is 2. The second-order valence-electron chi connectivity index (χ2n) is 9.41. The predicted molar refractivity (Wildman–Crippen MR) is 121 cm³/mol. The first-order valence-electron chi connectivity index (χ1n) is 11.8. The van der Waals surface area contributed by atoms with Crippen molar-refractivity contribution in [2.45, 2.75) is 64.2 Å². The number of rotatable bonds is 8. The number of aryl methyl sites for hydroxylation is 1. The van der Waals surface area contributed by atoms with Gasteiger partial charge in [-0.25, -0.2) is 0 Å². The molecular formula is C25H38N2O4. The van der Waals surface area contributed by atoms with Gasteiger partial charge < -0.3 is 20.5 Å². The van der Waals surface area contributed by atoms with Gasteiger partial charge in [0.05, 0.1) is 13.7 Å². The van der Waals surface area contributed by atoms with Crippen molar-refractivity contribution in [3.63, 3.8) is 0 Å². The van der Waals surface area contributed by atoms with Crippen LogP contribution in [0.3, 0.4) is 0 Å². The van der Waals surface area contributed by atoms with E-state index in [9.17, 15) is 14.7 Å². The van der Waals surface area contributed by atoms with Crippen molar-refractivity contribution < 1.29 is 19.4 Å². The number of ether oxygens (including phenoxy) is 1. The van der Waals surface area contributed by atoms with E-state index in [1.807, 2.05) is 4.90 Å². The van der Waals surface area contributed by atoms with Crippen molar-refractivity contribution in [1.29, 1.82) is 0 Å². The van der Waals surface area contributed by atoms with Gasteiger partial charge in [-0.3, -0.25) is 9.59 Å². The zero-order valence-corrected chi connectivity index (χ0v) is 19.0. The quantitative estimate of drug-likeness (QED) is 0.661. The molecule has 31 heavy (non-hydrogen) atoms. The molecule has 0 radical (unpaired) electrons. The van der Waals surface area contributed by atoms with E-state index in [0.717, 1.165) is 50.8 Å². The highest BCUT2D eigenvalue weighted by Gasteiger charge is 2.33. The van der Waals surface area contributed by atoms with Crippen LogP contribution in [-0.4, -0.2) is 48.6 Å². The van der Waals surface area contributed by atoms with Gasteiger partial charge in [0.1, 0.15) is 5.75 Å². The van der Waals surface area contributed by atoms with E-state index < -0.39 is 0 Å². The maximum Gasteiger partial charge on any atom is 0.225 e. The minimum atomic E-state index is -0.248. The molecule has 1 aromatic carbocycles. The van der Waals surface area contributed by atoms with Crippen LogP contribution >= 0.6 is 0 Å². The van der Waals surface area contributed by atoms with E-state index in [1.54, 1.807) is 7.11 Å². The molecule has 0 aromatic heterocycles. The standard InChI is InChI=1S/C25H38N2O4/c1-17-15-22(11-12-23(17)31-2)19-5-3-18(4-6-19)16-27(13-14-28)25(30)21-9-7-20(8-10-21)24(26)29/h11-12,15,18-21,28H,3-10,13-14,16H2,1-2H3,(H2,26,29). The van der Waals surface area contributed by atoms with Crippen LogP contribution in [0.5, 0.6) is 5.75 Å². The Morgan fingerprint density at radius 2 is 1.71 bits per heavy atom. The van der Waals surface area contributed by atoms with Crippen molar-refractivity contribution in [1.82, 2.24) is 4.90 Å². The first-order chi connectivity index (χ1) is 14.9. The molecule has 1 aromatic rings. The molecule has 0 unspecified atom stereocenters. The van der Waals surface area contributed by atoms with E-state index in [0.29, 0.717) is 31.2 Å². The van der Waals surface area contributed by atoms with Crippen LogP contribution in [0.4, 0.5) is 0 Å². The number of hydrogen-bond acceptors (Lipinski definition) is 4. The van der Waals surface area contributed by atoms with Gasteiger partial charge >= 0.3 is 0 Å². The van der Waals surface area contributed by atoms with Crippen molar-refractivity contribution >= 4 is 11.8 Å². The highest BCUT2D eigenvalue weighted by atomic mass is 16.5. The number of carbonyl (C=O) groups excluding carboxylic acids is 2. The van der Waals surface area contributed by atoms with Gasteiger partial charge in [0.25, 0.3) is 0 Å². The third-order valence-corrected chi connectivity index (χ3v) is 7.38. The van der Waals surface area contributed by atoms with Gasteiger partial charge in [-0.05, 0) is 87.3 Å². The normalized spacial score (nSPS) is 26.3. The number of nitrogens with two attached hydrogens (primary N) is 1. The highest BCUT2D eigenvalue weighted by Crippen LogP contribution is 2.38. The summed E-state index contributed by atoms with van der Waals surface area (Å²) in [5, 5.41) is 9.52. The zero-order valence-electron chi connectivity index (χ0n) is 19.0. The van der Waals surface area contributed by atoms with Crippen molar-refractivity contribution in [2.75, 3.05) is 26.8 Å². The van der Waals surface area contributed by atoms with E-state index in [1.165, 1.54) is 11.1 Å². The minimum absolute atomic E-state index is 0.0111. The Morgan fingerprint density at radius 1 is 1.06 bits per heavy atom. The fourth-order valence-corrected chi connectivity index (χ4v) is 5.44. The van der Waals surface area contributed by atoms with Crippen LogP contribution in [0.2, 0.25) is 0 Å². The molecule has 2 fully saturated rings. The number of nitrogens with zero attached hydrogens (tertiary/aromatic N) is 1. The van der Waals surface area contributed by atoms with Crippen LogP contribution in [0.15, 0.2) is 18.2 Å². The Kier molecular flexibility index (Phi) is 8.35. The van der Waals surface area contributed by atoms with Crippen LogP contribution < -0.4 is 10.5 Å². The van der Waals surface area contributed by atoms with Crippen LogP contribution in [0.1, 0.15) is 68.4 Å². The molecule has 0 spiro atoms. The van der Waals surface area contributed by atoms with Gasteiger partial charge in [0, 0.05) is 24.9 Å². The van der Waals surface area contributed by atoms with Crippen molar-refractivity contribution in [2.24, 2.45) is 23.5 Å². The Bertz CT molecular complexity index is 750. The maximum absolute atomic E-state index is 13.1. The van der Waals surface area contributed by atoms with Crippen molar-refractivity contribution in [3.05, 3.63) is 29.3 Å². The fraction of sp³-hybridized carbons (Fsp3) is 0.680. The Hall–Kier alpha value is -2.08. The molecule has 6 heteroatoms. The lowest BCUT2D eigenvalue weighted by molar-refractivity contribution is -0.139. The summed E-state index contributed by atoms with van der Waals surface area (Å²) in [7, 11) is 1.70.